The van der Waals surface area contributed by atoms with E-state index in [0.717, 1.165) is 50.4 Å². The number of piperidine rings is 2. The molecular formula is C16H21N5O. The van der Waals surface area contributed by atoms with Gasteiger partial charge in [-0.3, -0.25) is 9.20 Å². The highest BCUT2D eigenvalue weighted by atomic mass is 16.2. The number of hydrogen-bond acceptors (Lipinski definition) is 4. The van der Waals surface area contributed by atoms with Crippen LogP contribution >= 0.6 is 0 Å². The Labute approximate surface area is 129 Å². The van der Waals surface area contributed by atoms with Gasteiger partial charge in [0.15, 0.2) is 11.5 Å². The Kier molecular flexibility index (Phi) is 3.33. The van der Waals surface area contributed by atoms with Crippen molar-refractivity contribution in [2.24, 2.45) is 5.41 Å². The normalized spacial score (nSPS) is 21.6. The van der Waals surface area contributed by atoms with Crippen LogP contribution in [0.15, 0.2) is 24.4 Å². The van der Waals surface area contributed by atoms with Crippen LogP contribution in [0.3, 0.4) is 0 Å². The Morgan fingerprint density at radius 2 is 2.05 bits per heavy atom. The lowest BCUT2D eigenvalue weighted by Gasteiger charge is -2.45. The van der Waals surface area contributed by atoms with E-state index in [-0.39, 0.29) is 5.91 Å². The monoisotopic (exact) mass is 299 g/mol. The largest absolute Gasteiger partial charge is 0.335 e. The van der Waals surface area contributed by atoms with Crippen molar-refractivity contribution in [3.05, 3.63) is 30.2 Å². The first-order valence-corrected chi connectivity index (χ1v) is 8.03. The molecule has 4 heterocycles. The van der Waals surface area contributed by atoms with E-state index in [9.17, 15) is 4.79 Å². The van der Waals surface area contributed by atoms with Crippen LogP contribution in [0.1, 0.15) is 31.5 Å². The molecule has 2 aromatic rings. The topological polar surface area (TPSA) is 62.5 Å². The van der Waals surface area contributed by atoms with E-state index in [1.807, 2.05) is 33.7 Å². The van der Waals surface area contributed by atoms with Crippen molar-refractivity contribution in [1.29, 1.82) is 0 Å². The van der Waals surface area contributed by atoms with Crippen LogP contribution in [0.2, 0.25) is 0 Å². The molecule has 6 nitrogen and oxygen atoms in total. The van der Waals surface area contributed by atoms with E-state index in [0.29, 0.717) is 18.4 Å². The van der Waals surface area contributed by atoms with Crippen LogP contribution in [-0.2, 0) is 11.3 Å². The summed E-state index contributed by atoms with van der Waals surface area (Å²) in [6, 6.07) is 5.85. The van der Waals surface area contributed by atoms with E-state index in [1.54, 1.807) is 0 Å². The van der Waals surface area contributed by atoms with Crippen molar-refractivity contribution >= 4 is 11.6 Å². The number of pyridine rings is 1. The number of hydrogen-bond donors (Lipinski definition) is 1. The van der Waals surface area contributed by atoms with Gasteiger partial charge < -0.3 is 10.2 Å². The average Bonchev–Trinajstić information content (AvgIpc) is 2.95. The van der Waals surface area contributed by atoms with E-state index in [1.165, 1.54) is 0 Å². The van der Waals surface area contributed by atoms with Crippen LogP contribution < -0.4 is 5.32 Å². The zero-order chi connectivity index (χ0) is 15.0. The van der Waals surface area contributed by atoms with Gasteiger partial charge in [-0.25, -0.2) is 0 Å². The first kappa shape index (κ1) is 13.7. The number of carbonyl (C=O) groups excluding carboxylic acids is 1. The first-order valence-electron chi connectivity index (χ1n) is 8.03. The number of amides is 1. The zero-order valence-electron chi connectivity index (χ0n) is 12.7. The third-order valence-corrected chi connectivity index (χ3v) is 5.13. The Balaban J connectivity index is 1.56. The van der Waals surface area contributed by atoms with Crippen molar-refractivity contribution in [2.75, 3.05) is 19.6 Å². The number of likely N-dealkylation sites (tertiary alicyclic amines) is 1. The van der Waals surface area contributed by atoms with E-state index in [2.05, 4.69) is 15.5 Å². The molecule has 2 saturated heterocycles. The Hall–Kier alpha value is -1.95. The quantitative estimate of drug-likeness (QED) is 0.906. The summed E-state index contributed by atoms with van der Waals surface area (Å²) in [5.41, 5.74) is 1.14. The lowest BCUT2D eigenvalue weighted by Crippen LogP contribution is -2.50. The molecule has 2 aliphatic heterocycles. The molecule has 116 valence electrons. The molecule has 6 heteroatoms. The lowest BCUT2D eigenvalue weighted by molar-refractivity contribution is -0.139. The fourth-order valence-corrected chi connectivity index (χ4v) is 3.78. The van der Waals surface area contributed by atoms with E-state index in [4.69, 9.17) is 0 Å². The smallest absolute Gasteiger partial charge is 0.223 e. The number of carbonyl (C=O) groups is 1. The van der Waals surface area contributed by atoms with Gasteiger partial charge in [0.1, 0.15) is 0 Å². The van der Waals surface area contributed by atoms with Gasteiger partial charge in [0.2, 0.25) is 5.91 Å². The maximum Gasteiger partial charge on any atom is 0.223 e. The van der Waals surface area contributed by atoms with Crippen LogP contribution in [-0.4, -0.2) is 45.0 Å². The molecule has 1 spiro atoms. The van der Waals surface area contributed by atoms with Gasteiger partial charge in [-0.1, -0.05) is 6.07 Å². The maximum absolute atomic E-state index is 12.3. The van der Waals surface area contributed by atoms with Gasteiger partial charge in [0, 0.05) is 19.2 Å². The van der Waals surface area contributed by atoms with Gasteiger partial charge in [0.25, 0.3) is 0 Å². The summed E-state index contributed by atoms with van der Waals surface area (Å²) in [6.45, 7) is 3.54. The molecule has 2 fully saturated rings. The number of rotatable bonds is 2. The van der Waals surface area contributed by atoms with Gasteiger partial charge in [-0.15, -0.1) is 10.2 Å². The fourth-order valence-electron chi connectivity index (χ4n) is 3.78. The number of nitrogens with zero attached hydrogens (tertiary/aromatic N) is 4. The molecule has 0 unspecified atom stereocenters. The number of aromatic nitrogens is 3. The van der Waals surface area contributed by atoms with Crippen molar-refractivity contribution < 1.29 is 4.79 Å². The summed E-state index contributed by atoms with van der Waals surface area (Å²) in [6.07, 6.45) is 5.98. The maximum atomic E-state index is 12.3. The molecule has 0 bridgehead atoms. The first-order chi connectivity index (χ1) is 10.8. The molecule has 2 aromatic heterocycles. The van der Waals surface area contributed by atoms with Crippen molar-refractivity contribution in [2.45, 2.75) is 32.2 Å². The zero-order valence-corrected chi connectivity index (χ0v) is 12.7. The van der Waals surface area contributed by atoms with Crippen molar-refractivity contribution in [3.8, 4) is 0 Å². The summed E-state index contributed by atoms with van der Waals surface area (Å²) in [5.74, 6) is 1.09. The average molecular weight is 299 g/mol. The predicted octanol–water partition coefficient (Wildman–Crippen LogP) is 1.22. The van der Waals surface area contributed by atoms with Crippen molar-refractivity contribution in [1.82, 2.24) is 24.8 Å². The second-order valence-corrected chi connectivity index (χ2v) is 6.54. The Bertz CT molecular complexity index is 689. The molecule has 0 aromatic carbocycles. The molecule has 0 aliphatic carbocycles. The van der Waals surface area contributed by atoms with Crippen LogP contribution in [0.5, 0.6) is 0 Å². The Morgan fingerprint density at radius 1 is 1.18 bits per heavy atom. The molecule has 2 aliphatic rings. The minimum absolute atomic E-state index is 0.247. The van der Waals surface area contributed by atoms with Gasteiger partial charge >= 0.3 is 0 Å². The minimum Gasteiger partial charge on any atom is -0.335 e. The molecule has 0 saturated carbocycles. The highest BCUT2D eigenvalue weighted by Gasteiger charge is 2.39. The fraction of sp³-hybridized carbons (Fsp3) is 0.562. The summed E-state index contributed by atoms with van der Waals surface area (Å²) < 4.78 is 1.97. The molecule has 1 amide bonds. The highest BCUT2D eigenvalue weighted by Crippen LogP contribution is 2.38. The van der Waals surface area contributed by atoms with Gasteiger partial charge in [0.05, 0.1) is 6.54 Å². The third kappa shape index (κ3) is 2.37. The molecule has 0 atom stereocenters. The van der Waals surface area contributed by atoms with Crippen molar-refractivity contribution in [3.63, 3.8) is 0 Å². The van der Waals surface area contributed by atoms with Gasteiger partial charge in [-0.2, -0.15) is 0 Å². The summed E-state index contributed by atoms with van der Waals surface area (Å²) >= 11 is 0. The van der Waals surface area contributed by atoms with E-state index < -0.39 is 0 Å². The van der Waals surface area contributed by atoms with Crippen LogP contribution in [0.4, 0.5) is 0 Å². The van der Waals surface area contributed by atoms with Gasteiger partial charge in [-0.05, 0) is 49.9 Å². The highest BCUT2D eigenvalue weighted by molar-refractivity contribution is 5.77. The molecule has 0 radical (unpaired) electrons. The SMILES string of the molecule is O=C1CCC2(CCNCC2)CN1Cc1nnc2ccccn12. The lowest BCUT2D eigenvalue weighted by atomic mass is 9.73. The minimum atomic E-state index is 0.247. The predicted molar refractivity (Wildman–Crippen MR) is 82.2 cm³/mol. The number of nitrogens with one attached hydrogen (secondary N) is 1. The third-order valence-electron chi connectivity index (χ3n) is 5.13. The summed E-state index contributed by atoms with van der Waals surface area (Å²) in [7, 11) is 0. The van der Waals surface area contributed by atoms with Crippen LogP contribution in [0.25, 0.3) is 5.65 Å². The molecular weight excluding hydrogens is 278 g/mol. The molecule has 1 N–H and O–H groups in total. The molecule has 22 heavy (non-hydrogen) atoms. The second kappa shape index (κ2) is 5.35. The number of fused-ring (bicyclic) bond motifs is 1. The molecule has 4 rings (SSSR count). The summed E-state index contributed by atoms with van der Waals surface area (Å²) in [5, 5.41) is 11.9. The summed E-state index contributed by atoms with van der Waals surface area (Å²) in [4.78, 5) is 14.3. The standard InChI is InChI=1S/C16H21N5O/c22-15-4-5-16(6-8-17-9-7-16)12-20(15)11-14-19-18-13-3-1-2-10-21(13)14/h1-3,10,17H,4-9,11-12H2. The van der Waals surface area contributed by atoms with Crippen LogP contribution in [0, 0.1) is 5.41 Å². The Morgan fingerprint density at radius 3 is 2.91 bits per heavy atom. The van der Waals surface area contributed by atoms with E-state index >= 15 is 0 Å². The second-order valence-electron chi connectivity index (χ2n) is 6.54.